The molecule has 1 aromatic carbocycles. The highest BCUT2D eigenvalue weighted by atomic mass is 35.5. The number of hydrogen-bond acceptors (Lipinski definition) is 6. The molecule has 2 aromatic heterocycles. The number of carbonyl (C=O) groups excluding carboxylic acids is 1. The van der Waals surface area contributed by atoms with E-state index >= 15 is 0 Å². The maximum Gasteiger partial charge on any atom is 0.358 e. The van der Waals surface area contributed by atoms with Gasteiger partial charge in [0, 0.05) is 17.5 Å². The number of esters is 1. The molecule has 8 heteroatoms. The van der Waals surface area contributed by atoms with E-state index in [0.29, 0.717) is 28.1 Å². The fourth-order valence-corrected chi connectivity index (χ4v) is 3.27. The summed E-state index contributed by atoms with van der Waals surface area (Å²) in [5.41, 5.74) is 2.48. The van der Waals surface area contributed by atoms with Crippen molar-refractivity contribution in [2.75, 3.05) is 11.9 Å². The number of aryl methyl sites for hydroxylation is 1. The van der Waals surface area contributed by atoms with Crippen molar-refractivity contribution in [3.05, 3.63) is 70.5 Å². The fourth-order valence-electron chi connectivity index (χ4n) is 2.26. The SMILES string of the molecule is C=CCNc1nc(C(=O)OCc2c(C)nn(-c3ccccc3)c2Cl)cs1. The van der Waals surface area contributed by atoms with Crippen LogP contribution in [0.1, 0.15) is 21.7 Å². The van der Waals surface area contributed by atoms with Crippen LogP contribution in [0.5, 0.6) is 0 Å². The van der Waals surface area contributed by atoms with Crippen LogP contribution in [0.3, 0.4) is 0 Å². The minimum Gasteiger partial charge on any atom is -0.456 e. The lowest BCUT2D eigenvalue weighted by atomic mass is 10.3. The molecule has 0 aliphatic rings. The number of nitrogens with zero attached hydrogens (tertiary/aromatic N) is 3. The first-order valence-electron chi connectivity index (χ1n) is 7.87. The molecule has 3 rings (SSSR count). The number of halogens is 1. The second-order valence-corrected chi connectivity index (χ2v) is 6.60. The van der Waals surface area contributed by atoms with E-state index in [9.17, 15) is 4.79 Å². The molecule has 0 unspecified atom stereocenters. The summed E-state index contributed by atoms with van der Waals surface area (Å²) in [5.74, 6) is -0.504. The third kappa shape index (κ3) is 3.95. The Morgan fingerprint density at radius 3 is 2.92 bits per heavy atom. The van der Waals surface area contributed by atoms with E-state index in [4.69, 9.17) is 16.3 Å². The van der Waals surface area contributed by atoms with Crippen molar-refractivity contribution in [1.29, 1.82) is 0 Å². The van der Waals surface area contributed by atoms with Crippen molar-refractivity contribution < 1.29 is 9.53 Å². The summed E-state index contributed by atoms with van der Waals surface area (Å²) in [5, 5.41) is 10.2. The lowest BCUT2D eigenvalue weighted by molar-refractivity contribution is 0.0466. The predicted molar refractivity (Wildman–Crippen MR) is 103 cm³/mol. The smallest absolute Gasteiger partial charge is 0.358 e. The molecule has 26 heavy (non-hydrogen) atoms. The molecule has 2 heterocycles. The quantitative estimate of drug-likeness (QED) is 0.484. The van der Waals surface area contributed by atoms with Crippen LogP contribution >= 0.6 is 22.9 Å². The Hall–Kier alpha value is -2.64. The molecule has 0 radical (unpaired) electrons. The van der Waals surface area contributed by atoms with Gasteiger partial charge < -0.3 is 10.1 Å². The zero-order valence-corrected chi connectivity index (χ0v) is 15.7. The molecule has 0 saturated heterocycles. The Labute approximate surface area is 160 Å². The Morgan fingerprint density at radius 2 is 2.19 bits per heavy atom. The van der Waals surface area contributed by atoms with Gasteiger partial charge in [-0.25, -0.2) is 14.5 Å². The van der Waals surface area contributed by atoms with Gasteiger partial charge in [0.15, 0.2) is 10.8 Å². The first-order valence-corrected chi connectivity index (χ1v) is 9.12. The Bertz CT molecular complexity index is 921. The van der Waals surface area contributed by atoms with Gasteiger partial charge in [0.25, 0.3) is 0 Å². The number of thiazole rings is 1. The van der Waals surface area contributed by atoms with Gasteiger partial charge in [0.05, 0.1) is 11.4 Å². The van der Waals surface area contributed by atoms with E-state index in [-0.39, 0.29) is 12.3 Å². The summed E-state index contributed by atoms with van der Waals surface area (Å²) in [6.07, 6.45) is 1.72. The lowest BCUT2D eigenvalue weighted by Gasteiger charge is -2.04. The molecule has 0 fully saturated rings. The average molecular weight is 389 g/mol. The van der Waals surface area contributed by atoms with E-state index in [2.05, 4.69) is 22.0 Å². The Morgan fingerprint density at radius 1 is 1.42 bits per heavy atom. The zero-order chi connectivity index (χ0) is 18.5. The third-order valence-corrected chi connectivity index (χ3v) is 4.77. The first kappa shape index (κ1) is 18.2. The van der Waals surface area contributed by atoms with E-state index in [1.54, 1.807) is 16.1 Å². The van der Waals surface area contributed by atoms with Gasteiger partial charge in [-0.15, -0.1) is 17.9 Å². The number of para-hydroxylation sites is 1. The molecule has 0 atom stereocenters. The van der Waals surface area contributed by atoms with Gasteiger partial charge in [-0.05, 0) is 19.1 Å². The van der Waals surface area contributed by atoms with Crippen LogP contribution in [-0.4, -0.2) is 27.3 Å². The molecular formula is C18H17ClN4O2S. The summed E-state index contributed by atoms with van der Waals surface area (Å²) in [7, 11) is 0. The van der Waals surface area contributed by atoms with E-state index in [1.807, 2.05) is 37.3 Å². The van der Waals surface area contributed by atoms with Crippen LogP contribution in [0.15, 0.2) is 48.4 Å². The van der Waals surface area contributed by atoms with Gasteiger partial charge in [-0.2, -0.15) is 5.10 Å². The molecule has 134 valence electrons. The normalized spacial score (nSPS) is 10.5. The number of rotatable bonds is 7. The van der Waals surface area contributed by atoms with Crippen molar-refractivity contribution >= 4 is 34.0 Å². The van der Waals surface area contributed by atoms with Gasteiger partial charge in [0.1, 0.15) is 11.8 Å². The van der Waals surface area contributed by atoms with E-state index in [1.165, 1.54) is 11.3 Å². The topological polar surface area (TPSA) is 69.0 Å². The molecule has 0 saturated carbocycles. The van der Waals surface area contributed by atoms with Crippen molar-refractivity contribution in [2.24, 2.45) is 0 Å². The molecule has 0 bridgehead atoms. The molecule has 1 N–H and O–H groups in total. The number of anilines is 1. The zero-order valence-electron chi connectivity index (χ0n) is 14.1. The number of aromatic nitrogens is 3. The van der Waals surface area contributed by atoms with Crippen LogP contribution in [-0.2, 0) is 11.3 Å². The summed E-state index contributed by atoms with van der Waals surface area (Å²) in [4.78, 5) is 16.4. The Balaban J connectivity index is 1.70. The second kappa shape index (κ2) is 8.16. The van der Waals surface area contributed by atoms with Gasteiger partial charge in [-0.1, -0.05) is 35.9 Å². The lowest BCUT2D eigenvalue weighted by Crippen LogP contribution is -2.07. The number of benzene rings is 1. The summed E-state index contributed by atoms with van der Waals surface area (Å²) < 4.78 is 6.99. The number of hydrogen-bond donors (Lipinski definition) is 1. The van der Waals surface area contributed by atoms with Crippen LogP contribution in [0.25, 0.3) is 5.69 Å². The molecule has 0 aliphatic carbocycles. The highest BCUT2D eigenvalue weighted by molar-refractivity contribution is 7.13. The maximum absolute atomic E-state index is 12.2. The average Bonchev–Trinajstić information content (AvgIpc) is 3.24. The maximum atomic E-state index is 12.2. The molecule has 6 nitrogen and oxygen atoms in total. The van der Waals surface area contributed by atoms with Crippen molar-refractivity contribution in [1.82, 2.24) is 14.8 Å². The van der Waals surface area contributed by atoms with Gasteiger partial charge >= 0.3 is 5.97 Å². The molecular weight excluding hydrogens is 372 g/mol. The highest BCUT2D eigenvalue weighted by Crippen LogP contribution is 2.25. The number of ether oxygens (including phenoxy) is 1. The van der Waals surface area contributed by atoms with Crippen molar-refractivity contribution in [2.45, 2.75) is 13.5 Å². The van der Waals surface area contributed by atoms with E-state index < -0.39 is 5.97 Å². The minimum atomic E-state index is -0.504. The number of nitrogens with one attached hydrogen (secondary N) is 1. The van der Waals surface area contributed by atoms with Crippen LogP contribution in [0.2, 0.25) is 5.15 Å². The van der Waals surface area contributed by atoms with Crippen molar-refractivity contribution in [3.8, 4) is 5.69 Å². The highest BCUT2D eigenvalue weighted by Gasteiger charge is 2.18. The predicted octanol–water partition coefficient (Wildman–Crippen LogP) is 4.25. The van der Waals surface area contributed by atoms with Crippen LogP contribution in [0.4, 0.5) is 5.13 Å². The minimum absolute atomic E-state index is 0.0310. The summed E-state index contributed by atoms with van der Waals surface area (Å²) in [6, 6.07) is 9.54. The Kier molecular flexibility index (Phi) is 5.70. The number of carbonyl (C=O) groups is 1. The van der Waals surface area contributed by atoms with E-state index in [0.717, 1.165) is 5.69 Å². The second-order valence-electron chi connectivity index (χ2n) is 5.39. The largest absolute Gasteiger partial charge is 0.456 e. The van der Waals surface area contributed by atoms with Crippen LogP contribution < -0.4 is 5.32 Å². The van der Waals surface area contributed by atoms with Crippen molar-refractivity contribution in [3.63, 3.8) is 0 Å². The monoisotopic (exact) mass is 388 g/mol. The molecule has 0 spiro atoms. The molecule has 3 aromatic rings. The van der Waals surface area contributed by atoms with Gasteiger partial charge in [-0.3, -0.25) is 0 Å². The first-order chi connectivity index (χ1) is 12.6. The third-order valence-electron chi connectivity index (χ3n) is 3.58. The molecule has 0 aliphatic heterocycles. The van der Waals surface area contributed by atoms with Crippen LogP contribution in [0, 0.1) is 6.92 Å². The summed E-state index contributed by atoms with van der Waals surface area (Å²) in [6.45, 7) is 6.06. The molecule has 0 amide bonds. The fraction of sp³-hybridized carbons (Fsp3) is 0.167. The van der Waals surface area contributed by atoms with Gasteiger partial charge in [0.2, 0.25) is 0 Å². The summed E-state index contributed by atoms with van der Waals surface area (Å²) >= 11 is 7.76. The standard InChI is InChI=1S/C18H17ClN4O2S/c1-3-9-20-18-21-15(11-26-18)17(24)25-10-14-12(2)22-23(16(14)19)13-7-5-4-6-8-13/h3-8,11H,1,9-10H2,2H3,(H,20,21).